The third-order valence-electron chi connectivity index (χ3n) is 2.17. The Bertz CT molecular complexity index is 132. The van der Waals surface area contributed by atoms with Crippen LogP contribution in [0, 0.1) is 5.92 Å². The molecule has 0 amide bonds. The highest BCUT2D eigenvalue weighted by molar-refractivity contribution is 5.69. The second-order valence-corrected chi connectivity index (χ2v) is 3.23. The molecule has 1 atom stereocenters. The fourth-order valence-corrected chi connectivity index (χ4v) is 1.54. The molecule has 1 rings (SSSR count). The van der Waals surface area contributed by atoms with Gasteiger partial charge in [0.25, 0.3) is 0 Å². The molecule has 2 heteroatoms. The Kier molecular flexibility index (Phi) is 3.40. The summed E-state index contributed by atoms with van der Waals surface area (Å²) >= 11 is 0. The largest absolute Gasteiger partial charge is 0.465 e. The van der Waals surface area contributed by atoms with Crippen molar-refractivity contribution in [3.8, 4) is 0 Å². The number of ether oxygens (including phenoxy) is 1. The van der Waals surface area contributed by atoms with Gasteiger partial charge in [-0.15, -0.1) is 0 Å². The van der Waals surface area contributed by atoms with Gasteiger partial charge in [0.2, 0.25) is 0 Å². The summed E-state index contributed by atoms with van der Waals surface area (Å²) in [5.41, 5.74) is 0. The van der Waals surface area contributed by atoms with Crippen molar-refractivity contribution in [3.63, 3.8) is 0 Å². The summed E-state index contributed by atoms with van der Waals surface area (Å²) in [5, 5.41) is 0. The zero-order valence-corrected chi connectivity index (χ0v) is 7.14. The van der Waals surface area contributed by atoms with Crippen molar-refractivity contribution in [1.29, 1.82) is 0 Å². The lowest BCUT2D eigenvalue weighted by Crippen LogP contribution is -2.08. The quantitative estimate of drug-likeness (QED) is 0.572. The van der Waals surface area contributed by atoms with E-state index in [9.17, 15) is 4.79 Å². The molecule has 1 aliphatic rings. The van der Waals surface area contributed by atoms with E-state index in [-0.39, 0.29) is 5.97 Å². The van der Waals surface area contributed by atoms with Crippen LogP contribution in [0.25, 0.3) is 0 Å². The average molecular weight is 156 g/mol. The molecule has 2 nitrogen and oxygen atoms in total. The molecule has 0 aromatic heterocycles. The van der Waals surface area contributed by atoms with Gasteiger partial charge in [0.1, 0.15) is 0 Å². The number of hydrogen-bond acceptors (Lipinski definition) is 2. The first-order valence-corrected chi connectivity index (χ1v) is 4.48. The Morgan fingerprint density at radius 1 is 1.64 bits per heavy atom. The van der Waals surface area contributed by atoms with Gasteiger partial charge in [0, 0.05) is 6.42 Å². The van der Waals surface area contributed by atoms with E-state index in [2.05, 4.69) is 6.92 Å². The third-order valence-corrected chi connectivity index (χ3v) is 2.17. The number of cyclic esters (lactones) is 1. The van der Waals surface area contributed by atoms with Crippen molar-refractivity contribution in [3.05, 3.63) is 0 Å². The standard InChI is InChI=1S/C9H16O2/c1-2-4-8-5-3-6-9(10)11-7-8/h8H,2-7H2,1H3/t8-/m0/s1. The van der Waals surface area contributed by atoms with E-state index in [1.807, 2.05) is 0 Å². The smallest absolute Gasteiger partial charge is 0.305 e. The highest BCUT2D eigenvalue weighted by Crippen LogP contribution is 2.18. The van der Waals surface area contributed by atoms with Crippen LogP contribution in [0.4, 0.5) is 0 Å². The Morgan fingerprint density at radius 2 is 2.45 bits per heavy atom. The van der Waals surface area contributed by atoms with Gasteiger partial charge >= 0.3 is 5.97 Å². The van der Waals surface area contributed by atoms with Crippen LogP contribution in [0.15, 0.2) is 0 Å². The van der Waals surface area contributed by atoms with Gasteiger partial charge < -0.3 is 4.74 Å². The van der Waals surface area contributed by atoms with Crippen molar-refractivity contribution in [2.24, 2.45) is 5.92 Å². The summed E-state index contributed by atoms with van der Waals surface area (Å²) in [6.07, 6.45) is 5.21. The van der Waals surface area contributed by atoms with Gasteiger partial charge in [0.05, 0.1) is 6.61 Å². The molecule has 0 aliphatic carbocycles. The molecular weight excluding hydrogens is 140 g/mol. The van der Waals surface area contributed by atoms with Crippen molar-refractivity contribution in [2.45, 2.75) is 39.0 Å². The first-order valence-electron chi connectivity index (χ1n) is 4.48. The summed E-state index contributed by atoms with van der Waals surface area (Å²) < 4.78 is 5.03. The van der Waals surface area contributed by atoms with Gasteiger partial charge in [-0.3, -0.25) is 4.79 Å². The predicted octanol–water partition coefficient (Wildman–Crippen LogP) is 2.13. The molecule has 0 saturated carbocycles. The van der Waals surface area contributed by atoms with Crippen molar-refractivity contribution < 1.29 is 9.53 Å². The molecule has 64 valence electrons. The number of esters is 1. The maximum absolute atomic E-state index is 10.8. The van der Waals surface area contributed by atoms with Crippen LogP contribution >= 0.6 is 0 Å². The van der Waals surface area contributed by atoms with Crippen molar-refractivity contribution >= 4 is 5.97 Å². The first-order chi connectivity index (χ1) is 5.33. The minimum absolute atomic E-state index is 0.0106. The Hall–Kier alpha value is -0.530. The van der Waals surface area contributed by atoms with E-state index < -0.39 is 0 Å². The van der Waals surface area contributed by atoms with Crippen LogP contribution < -0.4 is 0 Å². The maximum atomic E-state index is 10.8. The van der Waals surface area contributed by atoms with E-state index in [0.717, 1.165) is 6.42 Å². The third kappa shape index (κ3) is 2.91. The zero-order chi connectivity index (χ0) is 8.10. The lowest BCUT2D eigenvalue weighted by molar-refractivity contribution is -0.143. The minimum Gasteiger partial charge on any atom is -0.465 e. The summed E-state index contributed by atoms with van der Waals surface area (Å²) in [4.78, 5) is 10.8. The summed E-state index contributed by atoms with van der Waals surface area (Å²) in [5.74, 6) is 0.620. The normalized spacial score (nSPS) is 25.9. The molecule has 0 spiro atoms. The van der Waals surface area contributed by atoms with Crippen LogP contribution in [0.1, 0.15) is 39.0 Å². The lowest BCUT2D eigenvalue weighted by Gasteiger charge is -2.10. The summed E-state index contributed by atoms with van der Waals surface area (Å²) in [6, 6.07) is 0. The van der Waals surface area contributed by atoms with E-state index in [1.165, 1.54) is 19.3 Å². The van der Waals surface area contributed by atoms with Crippen LogP contribution in [0.3, 0.4) is 0 Å². The number of hydrogen-bond donors (Lipinski definition) is 0. The van der Waals surface area contributed by atoms with E-state index in [0.29, 0.717) is 18.9 Å². The van der Waals surface area contributed by atoms with Crippen LogP contribution in [-0.4, -0.2) is 12.6 Å². The molecule has 1 heterocycles. The van der Waals surface area contributed by atoms with Crippen LogP contribution in [-0.2, 0) is 9.53 Å². The van der Waals surface area contributed by atoms with Gasteiger partial charge in [-0.2, -0.15) is 0 Å². The number of carbonyl (C=O) groups excluding carboxylic acids is 1. The Morgan fingerprint density at radius 3 is 3.18 bits per heavy atom. The van der Waals surface area contributed by atoms with Gasteiger partial charge in [-0.25, -0.2) is 0 Å². The summed E-state index contributed by atoms with van der Waals surface area (Å²) in [7, 11) is 0. The topological polar surface area (TPSA) is 26.3 Å². The molecule has 0 unspecified atom stereocenters. The van der Waals surface area contributed by atoms with E-state index in [1.54, 1.807) is 0 Å². The van der Waals surface area contributed by atoms with Gasteiger partial charge in [0.15, 0.2) is 0 Å². The molecule has 0 N–H and O–H groups in total. The molecule has 1 aliphatic heterocycles. The fourth-order valence-electron chi connectivity index (χ4n) is 1.54. The molecule has 0 bridgehead atoms. The second kappa shape index (κ2) is 4.37. The SMILES string of the molecule is CCC[C@H]1CCCC(=O)OC1. The van der Waals surface area contributed by atoms with Gasteiger partial charge in [-0.05, 0) is 25.2 Å². The van der Waals surface area contributed by atoms with Gasteiger partial charge in [-0.1, -0.05) is 13.3 Å². The van der Waals surface area contributed by atoms with Crippen molar-refractivity contribution in [2.75, 3.05) is 6.61 Å². The van der Waals surface area contributed by atoms with Crippen LogP contribution in [0.5, 0.6) is 0 Å². The van der Waals surface area contributed by atoms with Crippen molar-refractivity contribution in [1.82, 2.24) is 0 Å². The molecular formula is C9H16O2. The van der Waals surface area contributed by atoms with Crippen LogP contribution in [0.2, 0.25) is 0 Å². The predicted molar refractivity (Wildman–Crippen MR) is 43.2 cm³/mol. The molecule has 0 aromatic rings. The second-order valence-electron chi connectivity index (χ2n) is 3.23. The Labute approximate surface area is 67.9 Å². The number of rotatable bonds is 2. The minimum atomic E-state index is -0.0106. The summed E-state index contributed by atoms with van der Waals surface area (Å²) in [6.45, 7) is 2.83. The lowest BCUT2D eigenvalue weighted by atomic mass is 9.99. The molecule has 11 heavy (non-hydrogen) atoms. The average Bonchev–Trinajstić information content (AvgIpc) is 2.17. The molecule has 1 fully saturated rings. The Balaban J connectivity index is 2.28. The molecule has 0 radical (unpaired) electrons. The zero-order valence-electron chi connectivity index (χ0n) is 7.14. The number of carbonyl (C=O) groups is 1. The molecule has 0 aromatic carbocycles. The first kappa shape index (κ1) is 8.57. The monoisotopic (exact) mass is 156 g/mol. The fraction of sp³-hybridized carbons (Fsp3) is 0.889. The maximum Gasteiger partial charge on any atom is 0.305 e. The van der Waals surface area contributed by atoms with E-state index in [4.69, 9.17) is 4.74 Å². The molecule has 1 saturated heterocycles. The van der Waals surface area contributed by atoms with E-state index >= 15 is 0 Å². The highest BCUT2D eigenvalue weighted by Gasteiger charge is 2.15. The highest BCUT2D eigenvalue weighted by atomic mass is 16.5.